The zero-order valence-corrected chi connectivity index (χ0v) is 36.4. The van der Waals surface area contributed by atoms with Gasteiger partial charge in [0.05, 0.1) is 18.3 Å². The molecule has 2 rings (SSSR count). The summed E-state index contributed by atoms with van der Waals surface area (Å²) in [7, 11) is 1.69. The number of nitrogens with two attached hydrogens (primary N) is 1. The van der Waals surface area contributed by atoms with Crippen molar-refractivity contribution in [1.29, 1.82) is 0 Å². The molecule has 58 heavy (non-hydrogen) atoms. The number of allylic oxidation sites excluding steroid dienone is 6. The third-order valence-corrected chi connectivity index (χ3v) is 12.0. The number of amides is 1. The summed E-state index contributed by atoms with van der Waals surface area (Å²) in [5.74, 6) is 0.0288. The van der Waals surface area contributed by atoms with Crippen LogP contribution in [0, 0.1) is 23.7 Å². The number of hydrogen-bond acceptors (Lipinski definition) is 10. The molecule has 1 saturated heterocycles. The molecule has 1 heterocycles. The van der Waals surface area contributed by atoms with Gasteiger partial charge < -0.3 is 30.4 Å². The standard InChI is InChI=1S/C47H76N2O9/c1-33(14-9-7-10-15-34(2)47(56-6)29-41-16-13-18-46(58-41)42(52)17-11-8-12-25-49-31-50)26-35(3)44(54)30-45(55)37(5)27-36(4)43(53)28-40(57-32-51)24-21-38-19-22-39(48)23-20-38/h7,9-10,14-15,27,31-33,35-36,38-41,45-47,55H,8,11-13,16-26,28-30,48H2,1-6H3,(H,49,50)/b10-7+,14-9+,34-15+,37-27+. The first kappa shape index (κ1) is 50.9. The van der Waals surface area contributed by atoms with Crippen molar-refractivity contribution in [3.05, 3.63) is 47.6 Å². The number of ketones is 3. The van der Waals surface area contributed by atoms with Crippen LogP contribution in [0.1, 0.15) is 144 Å². The number of aliphatic hydroxyl groups excluding tert-OH is 1. The van der Waals surface area contributed by atoms with Crippen molar-refractivity contribution in [3.63, 3.8) is 0 Å². The molecule has 1 amide bonds. The van der Waals surface area contributed by atoms with Gasteiger partial charge >= 0.3 is 0 Å². The number of carbonyl (C=O) groups is 5. The van der Waals surface area contributed by atoms with Crippen LogP contribution in [0.4, 0.5) is 0 Å². The lowest BCUT2D eigenvalue weighted by molar-refractivity contribution is -0.141. The summed E-state index contributed by atoms with van der Waals surface area (Å²) >= 11 is 0. The number of carbonyl (C=O) groups excluding carboxylic acids is 5. The van der Waals surface area contributed by atoms with E-state index in [1.54, 1.807) is 27.0 Å². The van der Waals surface area contributed by atoms with Gasteiger partial charge in [0.15, 0.2) is 5.78 Å². The molecule has 8 unspecified atom stereocenters. The van der Waals surface area contributed by atoms with Gasteiger partial charge in [-0.2, -0.15) is 0 Å². The van der Waals surface area contributed by atoms with Gasteiger partial charge in [0.25, 0.3) is 6.47 Å². The van der Waals surface area contributed by atoms with Crippen LogP contribution < -0.4 is 11.1 Å². The lowest BCUT2D eigenvalue weighted by atomic mass is 9.83. The number of Topliss-reactive ketones (excluding diaryl/α,β-unsaturated/α-hetero) is 3. The van der Waals surface area contributed by atoms with Crippen LogP contribution >= 0.6 is 0 Å². The predicted octanol–water partition coefficient (Wildman–Crippen LogP) is 7.63. The minimum absolute atomic E-state index is 0.0153. The van der Waals surface area contributed by atoms with E-state index >= 15 is 0 Å². The molecule has 1 aliphatic heterocycles. The predicted molar refractivity (Wildman–Crippen MR) is 229 cm³/mol. The van der Waals surface area contributed by atoms with E-state index in [4.69, 9.17) is 19.9 Å². The van der Waals surface area contributed by atoms with Crippen LogP contribution in [0.5, 0.6) is 0 Å². The fourth-order valence-electron chi connectivity index (χ4n) is 8.10. The Morgan fingerprint density at radius 2 is 1.66 bits per heavy atom. The molecule has 1 aliphatic carbocycles. The minimum Gasteiger partial charge on any atom is -0.464 e. The van der Waals surface area contributed by atoms with Gasteiger partial charge in [-0.05, 0) is 114 Å². The summed E-state index contributed by atoms with van der Waals surface area (Å²) in [4.78, 5) is 60.4. The van der Waals surface area contributed by atoms with Gasteiger partial charge in [-0.1, -0.05) is 63.6 Å². The quantitative estimate of drug-likeness (QED) is 0.0284. The summed E-state index contributed by atoms with van der Waals surface area (Å²) in [6.07, 6.45) is 23.3. The SMILES string of the molecule is COC(CC1CCCC(C(=O)CCCCCNC=O)O1)/C(C)=C/C=C/C=C/C(C)CC(C)C(=O)CC(O)/C(C)=C/C(C)C(=O)CC(CCC1CCC(N)CC1)OC=O. The molecule has 1 saturated carbocycles. The number of methoxy groups -OCH3 is 1. The summed E-state index contributed by atoms with van der Waals surface area (Å²) in [6, 6.07) is 0.273. The minimum atomic E-state index is -0.975. The third kappa shape index (κ3) is 20.6. The van der Waals surface area contributed by atoms with Crippen LogP contribution in [0.2, 0.25) is 0 Å². The van der Waals surface area contributed by atoms with Gasteiger partial charge in [0.2, 0.25) is 6.41 Å². The number of nitrogens with one attached hydrogen (secondary N) is 1. The van der Waals surface area contributed by atoms with Crippen molar-refractivity contribution < 1.29 is 43.3 Å². The first-order valence-electron chi connectivity index (χ1n) is 21.9. The summed E-state index contributed by atoms with van der Waals surface area (Å²) in [5, 5.41) is 13.5. The van der Waals surface area contributed by atoms with Crippen molar-refractivity contribution >= 4 is 30.2 Å². The molecule has 11 nitrogen and oxygen atoms in total. The summed E-state index contributed by atoms with van der Waals surface area (Å²) < 4.78 is 17.3. The number of hydrogen-bond donors (Lipinski definition) is 3. The Kier molecular flexibility index (Phi) is 25.5. The van der Waals surface area contributed by atoms with Crippen molar-refractivity contribution in [2.75, 3.05) is 13.7 Å². The first-order valence-corrected chi connectivity index (χ1v) is 21.9. The maximum Gasteiger partial charge on any atom is 0.293 e. The number of ether oxygens (including phenoxy) is 3. The molecule has 4 N–H and O–H groups in total. The second-order valence-corrected chi connectivity index (χ2v) is 17.0. The van der Waals surface area contributed by atoms with Gasteiger partial charge in [0, 0.05) is 57.2 Å². The lowest BCUT2D eigenvalue weighted by Crippen LogP contribution is -2.36. The molecule has 8 atom stereocenters. The number of aliphatic hydroxyl groups is 1. The van der Waals surface area contributed by atoms with Gasteiger partial charge in [-0.15, -0.1) is 0 Å². The fraction of sp³-hybridized carbons (Fsp3) is 0.723. The topological polar surface area (TPSA) is 171 Å². The second kappa shape index (κ2) is 29.1. The number of rotatable bonds is 30. The normalized spacial score (nSPS) is 23.8. The highest BCUT2D eigenvalue weighted by Crippen LogP contribution is 2.29. The highest BCUT2D eigenvalue weighted by atomic mass is 16.5. The number of unbranched alkanes of at least 4 members (excludes halogenated alkanes) is 2. The summed E-state index contributed by atoms with van der Waals surface area (Å²) in [6.45, 7) is 10.6. The van der Waals surface area contributed by atoms with Gasteiger partial charge in [0.1, 0.15) is 23.8 Å². The Morgan fingerprint density at radius 1 is 0.914 bits per heavy atom. The molecule has 0 radical (unpaired) electrons. The molecule has 328 valence electrons. The van der Waals surface area contributed by atoms with Gasteiger partial charge in [-0.3, -0.25) is 24.0 Å². The van der Waals surface area contributed by atoms with Crippen molar-refractivity contribution in [1.82, 2.24) is 5.32 Å². The van der Waals surface area contributed by atoms with E-state index in [-0.39, 0.29) is 66.4 Å². The highest BCUT2D eigenvalue weighted by molar-refractivity contribution is 5.84. The van der Waals surface area contributed by atoms with E-state index < -0.39 is 18.1 Å². The molecule has 0 aromatic carbocycles. The molecule has 2 fully saturated rings. The Morgan fingerprint density at radius 3 is 2.34 bits per heavy atom. The molecular weight excluding hydrogens is 737 g/mol. The molecule has 0 bridgehead atoms. The van der Waals surface area contributed by atoms with Crippen LogP contribution in [0.25, 0.3) is 0 Å². The Balaban J connectivity index is 1.77. The van der Waals surface area contributed by atoms with E-state index in [2.05, 4.69) is 18.3 Å². The molecule has 2 aliphatic rings. The monoisotopic (exact) mass is 813 g/mol. The van der Waals surface area contributed by atoms with Crippen LogP contribution in [0.15, 0.2) is 47.6 Å². The van der Waals surface area contributed by atoms with E-state index in [0.717, 1.165) is 76.2 Å². The van der Waals surface area contributed by atoms with Crippen molar-refractivity contribution in [2.45, 2.75) is 180 Å². The van der Waals surface area contributed by atoms with Crippen LogP contribution in [0.3, 0.4) is 0 Å². The largest absolute Gasteiger partial charge is 0.464 e. The fourth-order valence-corrected chi connectivity index (χ4v) is 8.10. The van der Waals surface area contributed by atoms with Gasteiger partial charge in [-0.25, -0.2) is 0 Å². The molecule has 11 heteroatoms. The molecular formula is C47H76N2O9. The van der Waals surface area contributed by atoms with E-state index in [0.29, 0.717) is 56.6 Å². The average Bonchev–Trinajstić information content (AvgIpc) is 3.20. The van der Waals surface area contributed by atoms with E-state index in [1.807, 2.05) is 38.2 Å². The van der Waals surface area contributed by atoms with Crippen molar-refractivity contribution in [2.24, 2.45) is 29.4 Å². The average molecular weight is 813 g/mol. The zero-order chi connectivity index (χ0) is 42.9. The maximum atomic E-state index is 13.1. The van der Waals surface area contributed by atoms with E-state index in [9.17, 15) is 29.1 Å². The summed E-state index contributed by atoms with van der Waals surface area (Å²) in [5.41, 5.74) is 7.67. The molecule has 0 aromatic heterocycles. The molecule has 0 spiro atoms. The highest BCUT2D eigenvalue weighted by Gasteiger charge is 2.30. The Labute approximate surface area is 349 Å². The maximum absolute atomic E-state index is 13.1. The third-order valence-electron chi connectivity index (χ3n) is 12.0. The second-order valence-electron chi connectivity index (χ2n) is 17.0. The first-order chi connectivity index (χ1) is 27.8. The smallest absolute Gasteiger partial charge is 0.293 e. The Bertz CT molecular complexity index is 1370. The van der Waals surface area contributed by atoms with Crippen LogP contribution in [-0.2, 0) is 38.2 Å². The zero-order valence-electron chi connectivity index (χ0n) is 36.4. The molecule has 0 aromatic rings. The Hall–Kier alpha value is -3.25. The van der Waals surface area contributed by atoms with E-state index in [1.165, 1.54) is 0 Å². The van der Waals surface area contributed by atoms with Crippen LogP contribution in [-0.4, -0.2) is 85.6 Å². The van der Waals surface area contributed by atoms with Crippen molar-refractivity contribution in [3.8, 4) is 0 Å². The lowest BCUT2D eigenvalue weighted by Gasteiger charge is -2.31.